The van der Waals surface area contributed by atoms with E-state index in [-0.39, 0.29) is 10.6 Å². The average molecular weight is 449 g/mol. The van der Waals surface area contributed by atoms with E-state index in [4.69, 9.17) is 4.55 Å². The first-order chi connectivity index (χ1) is 10.6. The van der Waals surface area contributed by atoms with Crippen LogP contribution in [0.5, 0.6) is 0 Å². The van der Waals surface area contributed by atoms with Crippen molar-refractivity contribution in [1.82, 2.24) is 0 Å². The third-order valence-corrected chi connectivity index (χ3v) is 4.47. The fraction of sp³-hybridized carbons (Fsp3) is 0.200. The summed E-state index contributed by atoms with van der Waals surface area (Å²) in [4.78, 5) is 9.13. The van der Waals surface area contributed by atoms with Crippen LogP contribution in [0.1, 0.15) is 25.3 Å². The van der Waals surface area contributed by atoms with Gasteiger partial charge in [-0.1, -0.05) is 26.0 Å². The molecule has 124 valence electrons. The van der Waals surface area contributed by atoms with Crippen molar-refractivity contribution in [2.45, 2.75) is 24.7 Å². The standard InChI is InChI=1S/C9H11I.C6H5NO5S/c1-7(2)8-3-5-9(10)6-4-8;8-7(9)5-1-3-6(4-2-5)13(10,11)12/h3-7H,1-2H3;1-4H,(H,10,11,12). The SMILES string of the molecule is CC(C)c1ccc(I)cc1.O=[N+]([O-])c1ccc(S(=O)(=O)O)cc1. The van der Waals surface area contributed by atoms with Crippen LogP contribution >= 0.6 is 22.6 Å². The van der Waals surface area contributed by atoms with Crippen LogP contribution < -0.4 is 0 Å². The van der Waals surface area contributed by atoms with Crippen molar-refractivity contribution in [2.75, 3.05) is 0 Å². The smallest absolute Gasteiger partial charge is 0.282 e. The van der Waals surface area contributed by atoms with E-state index in [2.05, 4.69) is 60.7 Å². The zero-order valence-electron chi connectivity index (χ0n) is 12.5. The maximum Gasteiger partial charge on any atom is 0.294 e. The normalized spacial score (nSPS) is 10.8. The lowest BCUT2D eigenvalue weighted by Gasteiger charge is -2.03. The van der Waals surface area contributed by atoms with Crippen molar-refractivity contribution in [3.8, 4) is 0 Å². The molecule has 23 heavy (non-hydrogen) atoms. The van der Waals surface area contributed by atoms with E-state index < -0.39 is 15.0 Å². The Morgan fingerprint density at radius 3 is 1.87 bits per heavy atom. The van der Waals surface area contributed by atoms with E-state index in [0.29, 0.717) is 5.92 Å². The molecule has 2 rings (SSSR count). The number of rotatable bonds is 3. The number of nitro groups is 1. The van der Waals surface area contributed by atoms with E-state index >= 15 is 0 Å². The Bertz CT molecular complexity index is 755. The minimum Gasteiger partial charge on any atom is -0.282 e. The van der Waals surface area contributed by atoms with Gasteiger partial charge in [-0.2, -0.15) is 8.42 Å². The number of hydrogen-bond acceptors (Lipinski definition) is 4. The van der Waals surface area contributed by atoms with Crippen LogP contribution in [-0.2, 0) is 10.1 Å². The van der Waals surface area contributed by atoms with Gasteiger partial charge in [-0.25, -0.2) is 0 Å². The van der Waals surface area contributed by atoms with Crippen LogP contribution in [0.25, 0.3) is 0 Å². The molecule has 2 aromatic carbocycles. The predicted molar refractivity (Wildman–Crippen MR) is 96.2 cm³/mol. The summed E-state index contributed by atoms with van der Waals surface area (Å²) in [6.07, 6.45) is 0. The highest BCUT2D eigenvalue weighted by Gasteiger charge is 2.11. The molecule has 0 radical (unpaired) electrons. The Morgan fingerprint density at radius 2 is 1.52 bits per heavy atom. The van der Waals surface area contributed by atoms with Gasteiger partial charge in [-0.15, -0.1) is 0 Å². The van der Waals surface area contributed by atoms with Crippen LogP contribution in [-0.4, -0.2) is 17.9 Å². The first kappa shape index (κ1) is 19.5. The second-order valence-corrected chi connectivity index (χ2v) is 7.60. The lowest BCUT2D eigenvalue weighted by molar-refractivity contribution is -0.384. The summed E-state index contributed by atoms with van der Waals surface area (Å²) in [5, 5.41) is 10.2. The summed E-state index contributed by atoms with van der Waals surface area (Å²) in [7, 11) is -4.27. The van der Waals surface area contributed by atoms with Crippen molar-refractivity contribution in [1.29, 1.82) is 0 Å². The second-order valence-electron chi connectivity index (χ2n) is 4.93. The third-order valence-electron chi connectivity index (χ3n) is 2.88. The Morgan fingerprint density at radius 1 is 1.04 bits per heavy atom. The van der Waals surface area contributed by atoms with Crippen molar-refractivity contribution < 1.29 is 17.9 Å². The van der Waals surface area contributed by atoms with Crippen molar-refractivity contribution in [2.24, 2.45) is 0 Å². The molecular weight excluding hydrogens is 433 g/mol. The lowest BCUT2D eigenvalue weighted by Crippen LogP contribution is -1.97. The molecule has 0 aliphatic heterocycles. The lowest BCUT2D eigenvalue weighted by atomic mass is 10.0. The number of nitrogens with zero attached hydrogens (tertiary/aromatic N) is 1. The van der Waals surface area contributed by atoms with Gasteiger partial charge in [-0.05, 0) is 58.3 Å². The van der Waals surface area contributed by atoms with Gasteiger partial charge in [0.1, 0.15) is 0 Å². The fourth-order valence-corrected chi connectivity index (χ4v) is 2.43. The Balaban J connectivity index is 0.000000238. The monoisotopic (exact) mass is 449 g/mol. The second kappa shape index (κ2) is 8.37. The van der Waals surface area contributed by atoms with Gasteiger partial charge >= 0.3 is 0 Å². The summed E-state index contributed by atoms with van der Waals surface area (Å²) in [5.41, 5.74) is 1.19. The molecule has 6 nitrogen and oxygen atoms in total. The minimum atomic E-state index is -4.27. The molecule has 0 saturated heterocycles. The van der Waals surface area contributed by atoms with Gasteiger partial charge in [0.25, 0.3) is 15.8 Å². The number of hydrogen-bond donors (Lipinski definition) is 1. The number of halogens is 1. The highest BCUT2D eigenvalue weighted by Crippen LogP contribution is 2.15. The van der Waals surface area contributed by atoms with Crippen LogP contribution in [0, 0.1) is 13.7 Å². The van der Waals surface area contributed by atoms with Crippen LogP contribution in [0.15, 0.2) is 53.4 Å². The van der Waals surface area contributed by atoms with E-state index in [0.717, 1.165) is 24.3 Å². The highest BCUT2D eigenvalue weighted by atomic mass is 127. The average Bonchev–Trinajstić information content (AvgIpc) is 2.47. The van der Waals surface area contributed by atoms with Gasteiger partial charge in [0, 0.05) is 15.7 Å². The predicted octanol–water partition coefficient (Wildman–Crippen LogP) is 4.26. The molecule has 0 fully saturated rings. The number of non-ortho nitro benzene ring substituents is 1. The number of nitro benzene ring substituents is 1. The largest absolute Gasteiger partial charge is 0.294 e. The summed E-state index contributed by atoms with van der Waals surface area (Å²) < 4.78 is 30.8. The summed E-state index contributed by atoms with van der Waals surface area (Å²) in [6.45, 7) is 4.42. The molecule has 0 heterocycles. The Labute approximate surface area is 148 Å². The zero-order chi connectivity index (χ0) is 17.6. The van der Waals surface area contributed by atoms with Crippen molar-refractivity contribution in [3.05, 3.63) is 67.8 Å². The molecule has 0 aliphatic carbocycles. The molecule has 8 heteroatoms. The number of benzene rings is 2. The first-order valence-corrected chi connectivity index (χ1v) is 9.10. The maximum absolute atomic E-state index is 10.5. The molecule has 0 amide bonds. The summed E-state index contributed by atoms with van der Waals surface area (Å²) in [5.74, 6) is 0.650. The fourth-order valence-electron chi connectivity index (χ4n) is 1.59. The van der Waals surface area contributed by atoms with Crippen molar-refractivity contribution in [3.63, 3.8) is 0 Å². The van der Waals surface area contributed by atoms with Crippen LogP contribution in [0.3, 0.4) is 0 Å². The zero-order valence-corrected chi connectivity index (χ0v) is 15.5. The van der Waals surface area contributed by atoms with Gasteiger partial charge in [-0.3, -0.25) is 14.7 Å². The molecule has 0 unspecified atom stereocenters. The molecule has 2 aromatic rings. The quantitative estimate of drug-likeness (QED) is 0.327. The molecule has 0 spiro atoms. The Kier molecular flexibility index (Phi) is 7.10. The summed E-state index contributed by atoms with van der Waals surface area (Å²) >= 11 is 2.32. The van der Waals surface area contributed by atoms with Gasteiger partial charge < -0.3 is 0 Å². The minimum absolute atomic E-state index is 0.229. The molecule has 0 atom stereocenters. The van der Waals surface area contributed by atoms with Gasteiger partial charge in [0.15, 0.2) is 0 Å². The van der Waals surface area contributed by atoms with Gasteiger partial charge in [0.05, 0.1) is 9.82 Å². The molecule has 0 aromatic heterocycles. The molecule has 0 aliphatic rings. The Hall–Kier alpha value is -1.52. The van der Waals surface area contributed by atoms with E-state index in [1.54, 1.807) is 0 Å². The summed E-state index contributed by atoms with van der Waals surface area (Å²) in [6, 6.07) is 12.6. The van der Waals surface area contributed by atoms with Gasteiger partial charge in [0.2, 0.25) is 0 Å². The third kappa shape index (κ3) is 6.63. The van der Waals surface area contributed by atoms with Crippen molar-refractivity contribution >= 4 is 38.4 Å². The topological polar surface area (TPSA) is 97.5 Å². The van der Waals surface area contributed by atoms with E-state index in [9.17, 15) is 18.5 Å². The highest BCUT2D eigenvalue weighted by molar-refractivity contribution is 14.1. The molecule has 1 N–H and O–H groups in total. The van der Waals surface area contributed by atoms with Crippen LogP contribution in [0.4, 0.5) is 5.69 Å². The molecule has 0 bridgehead atoms. The molecule has 0 saturated carbocycles. The van der Waals surface area contributed by atoms with E-state index in [1.807, 2.05) is 0 Å². The maximum atomic E-state index is 10.5. The first-order valence-electron chi connectivity index (χ1n) is 6.58. The van der Waals surface area contributed by atoms with Crippen LogP contribution in [0.2, 0.25) is 0 Å². The molecular formula is C15H16INO5S. The van der Waals surface area contributed by atoms with E-state index in [1.165, 1.54) is 9.13 Å².